The number of amides is 1. The van der Waals surface area contributed by atoms with Gasteiger partial charge in [-0.15, -0.1) is 0 Å². The molecule has 0 radical (unpaired) electrons. The summed E-state index contributed by atoms with van der Waals surface area (Å²) in [5.41, 5.74) is -0.0385. The molecule has 1 spiro atoms. The van der Waals surface area contributed by atoms with Crippen LogP contribution in [0.25, 0.3) is 0 Å². The molecule has 2 heterocycles. The molecule has 0 saturated carbocycles. The zero-order chi connectivity index (χ0) is 27.1. The number of rotatable bonds is 6. The summed E-state index contributed by atoms with van der Waals surface area (Å²) in [7, 11) is 0. The monoisotopic (exact) mass is 535 g/mol. The van der Waals surface area contributed by atoms with Gasteiger partial charge in [0.15, 0.2) is 0 Å². The van der Waals surface area contributed by atoms with Crippen molar-refractivity contribution in [2.75, 3.05) is 18.1 Å². The van der Waals surface area contributed by atoms with E-state index in [2.05, 4.69) is 0 Å². The van der Waals surface area contributed by atoms with Gasteiger partial charge in [-0.1, -0.05) is 0 Å². The molecule has 6 heteroatoms. The van der Waals surface area contributed by atoms with Crippen LogP contribution in [-0.2, 0) is 24.5 Å². The molecule has 1 unspecified atom stereocenters. The van der Waals surface area contributed by atoms with Gasteiger partial charge >= 0.3 is 229 Å². The van der Waals surface area contributed by atoms with Crippen LogP contribution >= 0.6 is 6.83 Å². The predicted molar refractivity (Wildman–Crippen MR) is 157 cm³/mol. The molecular weight excluding hydrogens is 505 g/mol. The minimum absolute atomic E-state index is 0.178. The van der Waals surface area contributed by atoms with Gasteiger partial charge < -0.3 is 0 Å². The molecule has 1 amide bonds. The number of para-hydroxylation sites is 1. The maximum atomic E-state index is 14.6. The number of esters is 1. The number of carbonyl (C=O) groups excluding carboxylic acids is 2. The summed E-state index contributed by atoms with van der Waals surface area (Å²) in [5.74, 6) is 1.14. The zero-order valence-corrected chi connectivity index (χ0v) is 22.9. The van der Waals surface area contributed by atoms with E-state index in [4.69, 9.17) is 9.26 Å². The van der Waals surface area contributed by atoms with Gasteiger partial charge in [-0.2, -0.15) is 0 Å². The Labute approximate surface area is 228 Å². The minimum atomic E-state index is -4.10. The van der Waals surface area contributed by atoms with Crippen LogP contribution < -0.4 is 20.8 Å². The van der Waals surface area contributed by atoms with Crippen LogP contribution in [0, 0.1) is 0 Å². The predicted octanol–water partition coefficient (Wildman–Crippen LogP) is 5.17. The number of nitrogens with zero attached hydrogens (tertiary/aromatic N) is 1. The van der Waals surface area contributed by atoms with Crippen molar-refractivity contribution in [2.24, 2.45) is 0 Å². The fraction of sp³-hybridized carbons (Fsp3) is 0.152. The van der Waals surface area contributed by atoms with E-state index >= 15 is 0 Å². The SMILES string of the molecule is CCOC(=O)C1=CP(c2ccccc2)(c2ccccc2)(c2ccccc2)OC12C(=O)N(CC)c1ccccc12. The quantitative estimate of drug-likeness (QED) is 0.253. The van der Waals surface area contributed by atoms with Gasteiger partial charge in [0.25, 0.3) is 0 Å². The Morgan fingerprint density at radius 3 is 1.74 bits per heavy atom. The van der Waals surface area contributed by atoms with Crippen LogP contribution in [0.15, 0.2) is 127 Å². The summed E-state index contributed by atoms with van der Waals surface area (Å²) in [6, 6.07) is 37.6. The Balaban J connectivity index is 1.82. The van der Waals surface area contributed by atoms with Crippen molar-refractivity contribution in [2.45, 2.75) is 19.4 Å². The molecule has 2 aliphatic rings. The molecule has 6 rings (SSSR count). The molecule has 0 saturated heterocycles. The van der Waals surface area contributed by atoms with Crippen molar-refractivity contribution in [1.29, 1.82) is 0 Å². The van der Waals surface area contributed by atoms with E-state index < -0.39 is 18.4 Å². The fourth-order valence-corrected chi connectivity index (χ4v) is 11.8. The van der Waals surface area contributed by atoms with E-state index in [1.807, 2.05) is 128 Å². The molecule has 0 fully saturated rings. The summed E-state index contributed by atoms with van der Waals surface area (Å²) in [6.45, 7) is 0.223. The molecule has 1 atom stereocenters. The first-order valence-corrected chi connectivity index (χ1v) is 15.5. The topological polar surface area (TPSA) is 55.8 Å². The molecule has 0 bridgehead atoms. The molecule has 39 heavy (non-hydrogen) atoms. The van der Waals surface area contributed by atoms with Crippen molar-refractivity contribution in [3.63, 3.8) is 0 Å². The van der Waals surface area contributed by atoms with Gasteiger partial charge in [-0.05, 0) is 0 Å². The average Bonchev–Trinajstić information content (AvgIpc) is 3.47. The first kappa shape index (κ1) is 25.2. The summed E-state index contributed by atoms with van der Waals surface area (Å²) in [5, 5.41) is 2.71. The van der Waals surface area contributed by atoms with Gasteiger partial charge in [0.05, 0.1) is 0 Å². The van der Waals surface area contributed by atoms with E-state index in [-0.39, 0.29) is 18.1 Å². The Morgan fingerprint density at radius 1 is 0.769 bits per heavy atom. The molecule has 4 aromatic rings. The van der Waals surface area contributed by atoms with Crippen LogP contribution in [0.1, 0.15) is 19.4 Å². The zero-order valence-electron chi connectivity index (χ0n) is 22.0. The van der Waals surface area contributed by atoms with E-state index in [0.29, 0.717) is 12.1 Å². The number of anilines is 1. The summed E-state index contributed by atoms with van der Waals surface area (Å²) in [4.78, 5) is 30.3. The van der Waals surface area contributed by atoms with Crippen molar-refractivity contribution in [3.8, 4) is 0 Å². The maximum absolute atomic E-state index is 14.6. The number of ether oxygens (including phenoxy) is 1. The van der Waals surface area contributed by atoms with Gasteiger partial charge in [0.1, 0.15) is 0 Å². The first-order chi connectivity index (χ1) is 19.0. The standard InChI is InChI=1S/C33H30NO4P/c1-3-34-30-23-15-14-22-28(30)33(32(34)36)29(31(35)37-4-2)24-39(38-33,25-16-8-5-9-17-25,26-18-10-6-11-19-26)27-20-12-7-13-21-27/h5-24H,3-4H2,1-2H3. The Hall–Kier alpha value is -4.05. The number of benzene rings is 4. The van der Waals surface area contributed by atoms with Crippen molar-refractivity contribution in [1.82, 2.24) is 0 Å². The first-order valence-electron chi connectivity index (χ1n) is 13.2. The molecule has 0 N–H and O–H groups in total. The van der Waals surface area contributed by atoms with Gasteiger partial charge in [0.2, 0.25) is 0 Å². The second-order valence-corrected chi connectivity index (χ2v) is 13.9. The number of hydrogen-bond donors (Lipinski definition) is 0. The molecule has 0 aromatic heterocycles. The summed E-state index contributed by atoms with van der Waals surface area (Å²) in [6.07, 6.45) is 0. The molecule has 0 aliphatic carbocycles. The van der Waals surface area contributed by atoms with E-state index in [1.54, 1.807) is 11.8 Å². The summed E-state index contributed by atoms with van der Waals surface area (Å²) < 4.78 is 13.3. The third kappa shape index (κ3) is 3.27. The van der Waals surface area contributed by atoms with Crippen molar-refractivity contribution in [3.05, 3.63) is 132 Å². The Morgan fingerprint density at radius 2 is 1.26 bits per heavy atom. The van der Waals surface area contributed by atoms with Crippen LogP contribution in [0.4, 0.5) is 5.69 Å². The second kappa shape index (κ2) is 9.30. The molecule has 196 valence electrons. The molecule has 4 aromatic carbocycles. The Bertz CT molecular complexity index is 1490. The average molecular weight is 536 g/mol. The molecular formula is C33H30NO4P. The molecule has 2 aliphatic heterocycles. The van der Waals surface area contributed by atoms with E-state index in [1.165, 1.54) is 0 Å². The third-order valence-electron chi connectivity index (χ3n) is 7.82. The normalized spacial score (nSPS) is 21.6. The number of fused-ring (bicyclic) bond motifs is 2. The van der Waals surface area contributed by atoms with Crippen LogP contribution in [0.2, 0.25) is 0 Å². The fourth-order valence-electron chi connectivity index (χ4n) is 6.19. The van der Waals surface area contributed by atoms with E-state index in [9.17, 15) is 9.59 Å². The third-order valence-corrected chi connectivity index (χ3v) is 13.2. The van der Waals surface area contributed by atoms with Gasteiger partial charge in [-0.3, -0.25) is 0 Å². The van der Waals surface area contributed by atoms with Crippen molar-refractivity contribution < 1.29 is 18.8 Å². The van der Waals surface area contributed by atoms with Crippen LogP contribution in [0.5, 0.6) is 0 Å². The Kier molecular flexibility index (Phi) is 6.02. The summed E-state index contributed by atoms with van der Waals surface area (Å²) >= 11 is 0. The van der Waals surface area contributed by atoms with Gasteiger partial charge in [0, 0.05) is 0 Å². The number of likely N-dealkylation sites (N-methyl/N-ethyl adjacent to an activating group) is 1. The molecule has 5 nitrogen and oxygen atoms in total. The van der Waals surface area contributed by atoms with Gasteiger partial charge in [-0.25, -0.2) is 0 Å². The second-order valence-electron chi connectivity index (χ2n) is 9.71. The van der Waals surface area contributed by atoms with Crippen LogP contribution in [-0.4, -0.2) is 25.0 Å². The van der Waals surface area contributed by atoms with Crippen molar-refractivity contribution >= 4 is 40.3 Å². The number of hydrogen-bond acceptors (Lipinski definition) is 4. The van der Waals surface area contributed by atoms with E-state index in [0.717, 1.165) is 21.6 Å². The number of carbonyl (C=O) groups is 2. The van der Waals surface area contributed by atoms with Crippen LogP contribution in [0.3, 0.4) is 0 Å².